The molecule has 2 heterocycles. The second-order valence-corrected chi connectivity index (χ2v) is 9.43. The molecule has 1 saturated heterocycles. The number of carbonyl (C=O) groups excluding carboxylic acids is 1. The Bertz CT molecular complexity index is 1020. The number of nitrogens with zero attached hydrogens (tertiary/aromatic N) is 2. The van der Waals surface area contributed by atoms with Gasteiger partial charge in [0.15, 0.2) is 0 Å². The maximum atomic E-state index is 13.2. The summed E-state index contributed by atoms with van der Waals surface area (Å²) in [5.41, 5.74) is 4.68. The Labute approximate surface area is 194 Å². The number of anilines is 1. The van der Waals surface area contributed by atoms with Crippen LogP contribution in [0.3, 0.4) is 0 Å². The summed E-state index contributed by atoms with van der Waals surface area (Å²) in [6.07, 6.45) is 0. The number of nitrogens with one attached hydrogen (secondary N) is 1. The monoisotopic (exact) mass is 449 g/mol. The van der Waals surface area contributed by atoms with E-state index < -0.39 is 0 Å². The van der Waals surface area contributed by atoms with Crippen molar-refractivity contribution in [2.24, 2.45) is 0 Å². The lowest BCUT2D eigenvalue weighted by atomic mass is 10.0. The van der Waals surface area contributed by atoms with E-state index in [0.29, 0.717) is 19.8 Å². The molecule has 6 heteroatoms. The van der Waals surface area contributed by atoms with Crippen molar-refractivity contribution in [1.82, 2.24) is 10.2 Å². The lowest BCUT2D eigenvalue weighted by Gasteiger charge is -2.28. The van der Waals surface area contributed by atoms with Crippen LogP contribution in [0.25, 0.3) is 11.1 Å². The summed E-state index contributed by atoms with van der Waals surface area (Å²) in [7, 11) is 4.09. The van der Waals surface area contributed by atoms with E-state index in [0.717, 1.165) is 34.1 Å². The number of rotatable bonds is 7. The molecule has 3 aromatic rings. The smallest absolute Gasteiger partial charge is 0.261 e. The molecule has 32 heavy (non-hydrogen) atoms. The van der Waals surface area contributed by atoms with Crippen molar-refractivity contribution in [1.29, 1.82) is 0 Å². The van der Waals surface area contributed by atoms with E-state index in [4.69, 9.17) is 4.74 Å². The van der Waals surface area contributed by atoms with Gasteiger partial charge in [-0.1, -0.05) is 60.2 Å². The average molecular weight is 450 g/mol. The van der Waals surface area contributed by atoms with Gasteiger partial charge >= 0.3 is 0 Å². The van der Waals surface area contributed by atoms with Gasteiger partial charge in [0.1, 0.15) is 0 Å². The number of morpholine rings is 1. The molecule has 1 atom stereocenters. The summed E-state index contributed by atoms with van der Waals surface area (Å²) in [6, 6.07) is 21.0. The van der Waals surface area contributed by atoms with E-state index in [-0.39, 0.29) is 11.9 Å². The predicted octanol–water partition coefficient (Wildman–Crippen LogP) is 4.59. The molecule has 1 aromatic heterocycles. The Morgan fingerprint density at radius 3 is 2.44 bits per heavy atom. The van der Waals surface area contributed by atoms with E-state index in [2.05, 4.69) is 58.4 Å². The van der Waals surface area contributed by atoms with Gasteiger partial charge in [-0.2, -0.15) is 0 Å². The molecule has 1 aliphatic rings. The fraction of sp³-hybridized carbons (Fsp3) is 0.346. The highest BCUT2D eigenvalue weighted by atomic mass is 32.1. The summed E-state index contributed by atoms with van der Waals surface area (Å²) in [4.78, 5) is 18.4. The average Bonchev–Trinajstić information content (AvgIpc) is 3.27. The lowest BCUT2D eigenvalue weighted by Crippen LogP contribution is -2.36. The van der Waals surface area contributed by atoms with Crippen LogP contribution in [0, 0.1) is 6.92 Å². The highest BCUT2D eigenvalue weighted by molar-refractivity contribution is 7.18. The first kappa shape index (κ1) is 22.5. The molecule has 1 fully saturated rings. The van der Waals surface area contributed by atoms with Crippen LogP contribution < -0.4 is 10.2 Å². The molecule has 5 nitrogen and oxygen atoms in total. The molecule has 0 radical (unpaired) electrons. The summed E-state index contributed by atoms with van der Waals surface area (Å²) < 4.78 is 5.54. The van der Waals surface area contributed by atoms with E-state index in [1.165, 1.54) is 11.1 Å². The molecule has 0 bridgehead atoms. The van der Waals surface area contributed by atoms with Crippen molar-refractivity contribution in [3.63, 3.8) is 0 Å². The summed E-state index contributed by atoms with van der Waals surface area (Å²) >= 11 is 1.57. The van der Waals surface area contributed by atoms with Gasteiger partial charge in [0.2, 0.25) is 0 Å². The number of likely N-dealkylation sites (N-methyl/N-ethyl adjacent to an activating group) is 1. The number of thiophene rings is 1. The molecule has 1 aliphatic heterocycles. The minimum absolute atomic E-state index is 0.0225. The molecular formula is C26H31N3O2S. The van der Waals surface area contributed by atoms with Gasteiger partial charge in [0.25, 0.3) is 5.91 Å². The van der Waals surface area contributed by atoms with Crippen molar-refractivity contribution >= 4 is 22.2 Å². The molecule has 2 aromatic carbocycles. The topological polar surface area (TPSA) is 44.8 Å². The molecule has 168 valence electrons. The van der Waals surface area contributed by atoms with Crippen LogP contribution >= 0.6 is 11.3 Å². The van der Waals surface area contributed by atoms with Crippen molar-refractivity contribution in [3.8, 4) is 11.1 Å². The van der Waals surface area contributed by atoms with Crippen LogP contribution in [0.1, 0.15) is 26.8 Å². The van der Waals surface area contributed by atoms with E-state index in [9.17, 15) is 4.79 Å². The number of carbonyl (C=O) groups is 1. The third-order valence-electron chi connectivity index (χ3n) is 5.86. The zero-order valence-corrected chi connectivity index (χ0v) is 19.8. The fourth-order valence-corrected chi connectivity index (χ4v) is 5.13. The molecule has 0 aliphatic carbocycles. The summed E-state index contributed by atoms with van der Waals surface area (Å²) in [5, 5.41) is 4.32. The minimum atomic E-state index is -0.0225. The number of benzene rings is 2. The van der Waals surface area contributed by atoms with Crippen LogP contribution in [0.2, 0.25) is 0 Å². The Balaban J connectivity index is 1.55. The molecule has 0 spiro atoms. The van der Waals surface area contributed by atoms with E-state index in [1.54, 1.807) is 11.3 Å². The molecule has 0 saturated carbocycles. The van der Waals surface area contributed by atoms with Crippen LogP contribution in [-0.4, -0.2) is 57.8 Å². The van der Waals surface area contributed by atoms with E-state index in [1.807, 2.05) is 38.4 Å². The van der Waals surface area contributed by atoms with Crippen LogP contribution in [0.5, 0.6) is 0 Å². The largest absolute Gasteiger partial charge is 0.378 e. The van der Waals surface area contributed by atoms with Crippen molar-refractivity contribution in [2.75, 3.05) is 51.8 Å². The Kier molecular flexibility index (Phi) is 7.25. The first-order valence-corrected chi connectivity index (χ1v) is 11.9. The highest BCUT2D eigenvalue weighted by Crippen LogP contribution is 2.39. The van der Waals surface area contributed by atoms with Crippen molar-refractivity contribution < 1.29 is 9.53 Å². The fourth-order valence-electron chi connectivity index (χ4n) is 3.98. The second kappa shape index (κ2) is 10.3. The zero-order chi connectivity index (χ0) is 22.5. The second-order valence-electron chi connectivity index (χ2n) is 8.40. The van der Waals surface area contributed by atoms with E-state index >= 15 is 0 Å². The predicted molar refractivity (Wildman–Crippen MR) is 133 cm³/mol. The maximum Gasteiger partial charge on any atom is 0.261 e. The van der Waals surface area contributed by atoms with Gasteiger partial charge in [-0.3, -0.25) is 4.79 Å². The first-order valence-electron chi connectivity index (χ1n) is 11.1. The quantitative estimate of drug-likeness (QED) is 0.573. The van der Waals surface area contributed by atoms with Crippen molar-refractivity contribution in [3.05, 3.63) is 76.7 Å². The normalized spacial score (nSPS) is 15.1. The number of ether oxygens (including phenoxy) is 1. The number of hydrogen-bond donors (Lipinski definition) is 1. The Hall–Kier alpha value is -2.67. The first-order chi connectivity index (χ1) is 15.5. The van der Waals surface area contributed by atoms with Gasteiger partial charge in [-0.05, 0) is 38.2 Å². The molecular weight excluding hydrogens is 418 g/mol. The van der Waals surface area contributed by atoms with Gasteiger partial charge in [-0.25, -0.2) is 0 Å². The minimum Gasteiger partial charge on any atom is -0.378 e. The molecule has 4 rings (SSSR count). The van der Waals surface area contributed by atoms with Crippen LogP contribution in [-0.2, 0) is 4.74 Å². The highest BCUT2D eigenvalue weighted by Gasteiger charge is 2.23. The van der Waals surface area contributed by atoms with Crippen LogP contribution in [0.4, 0.5) is 5.00 Å². The third kappa shape index (κ3) is 5.21. The molecule has 1 amide bonds. The molecule has 1 unspecified atom stereocenters. The zero-order valence-electron chi connectivity index (χ0n) is 19.0. The summed E-state index contributed by atoms with van der Waals surface area (Å²) in [6.45, 7) is 5.77. The number of aryl methyl sites for hydroxylation is 1. The van der Waals surface area contributed by atoms with Gasteiger partial charge in [-0.15, -0.1) is 11.3 Å². The third-order valence-corrected chi connectivity index (χ3v) is 7.06. The Morgan fingerprint density at radius 2 is 1.78 bits per heavy atom. The Morgan fingerprint density at radius 1 is 1.09 bits per heavy atom. The van der Waals surface area contributed by atoms with Crippen LogP contribution in [0.15, 0.2) is 60.7 Å². The SMILES string of the molecule is Cc1ccc(C(CNC(=O)c2cc(-c3ccccc3)c(N3CCOCC3)s2)N(C)C)cc1. The summed E-state index contributed by atoms with van der Waals surface area (Å²) in [5.74, 6) is -0.0225. The van der Waals surface area contributed by atoms with Gasteiger partial charge in [0.05, 0.1) is 29.1 Å². The number of hydrogen-bond acceptors (Lipinski definition) is 5. The lowest BCUT2D eigenvalue weighted by molar-refractivity contribution is 0.0946. The van der Waals surface area contributed by atoms with Gasteiger partial charge < -0.3 is 19.9 Å². The molecule has 1 N–H and O–H groups in total. The standard InChI is InChI=1S/C26H31N3O2S/c1-19-9-11-21(12-10-19)23(28(2)3)18-27-25(30)24-17-22(20-7-5-4-6-8-20)26(32-24)29-13-15-31-16-14-29/h4-12,17,23H,13-16,18H2,1-3H3,(H,27,30). The number of amides is 1. The maximum absolute atomic E-state index is 13.2. The van der Waals surface area contributed by atoms with Gasteiger partial charge in [0, 0.05) is 25.2 Å². The van der Waals surface area contributed by atoms with Crippen molar-refractivity contribution in [2.45, 2.75) is 13.0 Å².